The maximum Gasteiger partial charge on any atom is 0.302 e. The van der Waals surface area contributed by atoms with Gasteiger partial charge in [-0.3, -0.25) is 13.4 Å². The zero-order valence-electron chi connectivity index (χ0n) is 22.2. The molecule has 0 N–H and O–H groups in total. The quantitative estimate of drug-likeness (QED) is 0.376. The largest absolute Gasteiger partial charge is 0.494 e. The third kappa shape index (κ3) is 4.73. The molecule has 2 aliphatic heterocycles. The van der Waals surface area contributed by atoms with Crippen LogP contribution in [0, 0.1) is 0 Å². The Bertz CT molecular complexity index is 1670. The number of methoxy groups -OCH3 is 1. The van der Waals surface area contributed by atoms with E-state index in [-0.39, 0.29) is 35.2 Å². The first-order valence-corrected chi connectivity index (χ1v) is 15.7. The van der Waals surface area contributed by atoms with Gasteiger partial charge in [0.1, 0.15) is 11.4 Å². The molecule has 210 valence electrons. The Morgan fingerprint density at radius 2 is 1.50 bits per heavy atom. The molecule has 0 saturated carbocycles. The Balaban J connectivity index is 1.77. The minimum Gasteiger partial charge on any atom is -0.494 e. The van der Waals surface area contributed by atoms with Gasteiger partial charge in [-0.05, 0) is 48.2 Å². The van der Waals surface area contributed by atoms with Crippen LogP contribution in [0.25, 0.3) is 5.57 Å². The molecule has 0 aliphatic carbocycles. The number of fused-ring (bicyclic) bond motifs is 3. The van der Waals surface area contributed by atoms with E-state index in [0.29, 0.717) is 40.9 Å². The van der Waals surface area contributed by atoms with Crippen LogP contribution in [0.3, 0.4) is 0 Å². The molecule has 2 heterocycles. The van der Waals surface area contributed by atoms with Gasteiger partial charge in [-0.1, -0.05) is 43.0 Å². The third-order valence-corrected chi connectivity index (χ3v) is 10.9. The van der Waals surface area contributed by atoms with E-state index < -0.39 is 31.9 Å². The van der Waals surface area contributed by atoms with Crippen LogP contribution in [0.2, 0.25) is 0 Å². The van der Waals surface area contributed by atoms with Crippen molar-refractivity contribution >= 4 is 43.0 Å². The lowest BCUT2D eigenvalue weighted by Crippen LogP contribution is -2.40. The number of hydrogen-bond acceptors (Lipinski definition) is 7. The highest BCUT2D eigenvalue weighted by Gasteiger charge is 2.42. The molecule has 40 heavy (non-hydrogen) atoms. The Morgan fingerprint density at radius 1 is 0.925 bits per heavy atom. The number of hydrogen-bond donors (Lipinski definition) is 0. The summed E-state index contributed by atoms with van der Waals surface area (Å²) in [6.07, 6.45) is 0.675. The Morgan fingerprint density at radius 3 is 2.05 bits per heavy atom. The zero-order chi connectivity index (χ0) is 28.7. The highest BCUT2D eigenvalue weighted by molar-refractivity contribution is 7.93. The molecule has 5 rings (SSSR count). The fourth-order valence-electron chi connectivity index (χ4n) is 5.36. The number of ether oxygens (including phenoxy) is 2. The molecule has 2 aliphatic rings. The second-order valence-electron chi connectivity index (χ2n) is 9.66. The molecule has 1 atom stereocenters. The van der Waals surface area contributed by atoms with E-state index in [9.17, 15) is 21.6 Å². The lowest BCUT2D eigenvalue weighted by atomic mass is 9.82. The molecule has 0 amide bonds. The number of nitrogens with zero attached hydrogens (tertiary/aromatic N) is 2. The van der Waals surface area contributed by atoms with Crippen molar-refractivity contribution in [3.63, 3.8) is 0 Å². The third-order valence-electron chi connectivity index (χ3n) is 7.23. The summed E-state index contributed by atoms with van der Waals surface area (Å²) in [6.45, 7) is 5.85. The van der Waals surface area contributed by atoms with Gasteiger partial charge in [0.2, 0.25) is 0 Å². The summed E-state index contributed by atoms with van der Waals surface area (Å²) < 4.78 is 69.2. The Hall–Kier alpha value is -3.83. The zero-order valence-corrected chi connectivity index (χ0v) is 23.9. The molecule has 3 aromatic rings. The van der Waals surface area contributed by atoms with Gasteiger partial charge >= 0.3 is 5.97 Å². The number of carbonyl (C=O) groups excluding carboxylic acids is 1. The first-order chi connectivity index (χ1) is 19.1. The van der Waals surface area contributed by atoms with Gasteiger partial charge in [0, 0.05) is 37.6 Å². The molecule has 0 fully saturated rings. The summed E-state index contributed by atoms with van der Waals surface area (Å²) in [5.74, 6) is -0.650. The first-order valence-electron chi connectivity index (χ1n) is 12.8. The topological polar surface area (TPSA) is 110 Å². The average Bonchev–Trinajstić information content (AvgIpc) is 2.96. The van der Waals surface area contributed by atoms with Crippen LogP contribution in [0.15, 0.2) is 83.1 Å². The molecule has 0 aromatic heterocycles. The summed E-state index contributed by atoms with van der Waals surface area (Å²) in [6, 6.07) is 17.8. The number of benzene rings is 3. The molecule has 0 bridgehead atoms. The molecular formula is C29H30N2O7S2. The van der Waals surface area contributed by atoms with Crippen molar-refractivity contribution in [1.29, 1.82) is 0 Å². The van der Waals surface area contributed by atoms with Gasteiger partial charge in [0.05, 0.1) is 29.2 Å². The van der Waals surface area contributed by atoms with Gasteiger partial charge in [0.25, 0.3) is 20.0 Å². The standard InChI is InChI=1S/C29H30N2O7S2/c1-20-14-16-31(40(35,36)24-12-8-5-9-13-24)29-26(37-3)18-25-28(27(20)29)22(19-38-21(2)32)15-17-30(25)39(33,34)23-10-6-4-7-11-23/h4-13,18,22H,1,14-17,19H2,2-3H3. The molecule has 11 heteroatoms. The fraction of sp³-hybridized carbons (Fsp3) is 0.276. The second-order valence-corrected chi connectivity index (χ2v) is 13.4. The van der Waals surface area contributed by atoms with Gasteiger partial charge in [-0.15, -0.1) is 0 Å². The molecule has 0 saturated heterocycles. The first kappa shape index (κ1) is 27.7. The van der Waals surface area contributed by atoms with E-state index in [1.807, 2.05) is 0 Å². The fourth-order valence-corrected chi connectivity index (χ4v) is 8.38. The van der Waals surface area contributed by atoms with Crippen molar-refractivity contribution < 1.29 is 31.1 Å². The van der Waals surface area contributed by atoms with Crippen LogP contribution >= 0.6 is 0 Å². The lowest BCUT2D eigenvalue weighted by molar-refractivity contribution is -0.141. The summed E-state index contributed by atoms with van der Waals surface area (Å²) in [5.41, 5.74) is 2.37. The molecule has 0 radical (unpaired) electrons. The van der Waals surface area contributed by atoms with Gasteiger partial charge < -0.3 is 9.47 Å². The monoisotopic (exact) mass is 582 g/mol. The van der Waals surface area contributed by atoms with Crippen molar-refractivity contribution in [1.82, 2.24) is 0 Å². The van der Waals surface area contributed by atoms with E-state index in [2.05, 4.69) is 6.58 Å². The molecule has 0 spiro atoms. The van der Waals surface area contributed by atoms with Crippen molar-refractivity contribution in [2.45, 2.75) is 35.5 Å². The average molecular weight is 583 g/mol. The minimum absolute atomic E-state index is 0.0129. The maximum atomic E-state index is 13.9. The van der Waals surface area contributed by atoms with Crippen LogP contribution in [0.1, 0.15) is 36.8 Å². The van der Waals surface area contributed by atoms with Gasteiger partial charge in [-0.2, -0.15) is 0 Å². The molecule has 1 unspecified atom stereocenters. The smallest absolute Gasteiger partial charge is 0.302 e. The van der Waals surface area contributed by atoms with Gasteiger partial charge in [0.15, 0.2) is 0 Å². The molecule has 3 aromatic carbocycles. The van der Waals surface area contributed by atoms with E-state index >= 15 is 0 Å². The summed E-state index contributed by atoms with van der Waals surface area (Å²) >= 11 is 0. The SMILES string of the molecule is C=C1CCN(S(=O)(=O)c2ccccc2)c2c(OC)cc3c(c21)C(COC(C)=O)CCN3S(=O)(=O)c1ccccc1. The van der Waals surface area contributed by atoms with Crippen molar-refractivity contribution in [3.05, 3.63) is 84.4 Å². The number of carbonyl (C=O) groups is 1. The number of rotatable bonds is 7. The van der Waals surface area contributed by atoms with E-state index in [1.54, 1.807) is 42.5 Å². The van der Waals surface area contributed by atoms with E-state index in [1.165, 1.54) is 46.9 Å². The van der Waals surface area contributed by atoms with Crippen LogP contribution in [0.5, 0.6) is 5.75 Å². The highest BCUT2D eigenvalue weighted by atomic mass is 32.2. The maximum absolute atomic E-state index is 13.9. The van der Waals surface area contributed by atoms with Crippen molar-refractivity contribution in [2.75, 3.05) is 35.4 Å². The van der Waals surface area contributed by atoms with Crippen LogP contribution in [-0.2, 0) is 29.6 Å². The molecular weight excluding hydrogens is 552 g/mol. The second kappa shape index (κ2) is 10.6. The van der Waals surface area contributed by atoms with Crippen molar-refractivity contribution in [2.24, 2.45) is 0 Å². The normalized spacial score (nSPS) is 17.1. The number of esters is 1. The van der Waals surface area contributed by atoms with E-state index in [0.717, 1.165) is 0 Å². The summed E-state index contributed by atoms with van der Waals surface area (Å²) in [4.78, 5) is 12.0. The van der Waals surface area contributed by atoms with Gasteiger partial charge in [-0.25, -0.2) is 16.8 Å². The highest BCUT2D eigenvalue weighted by Crippen LogP contribution is 2.53. The van der Waals surface area contributed by atoms with Crippen LogP contribution < -0.4 is 13.3 Å². The Labute approximate surface area is 234 Å². The number of anilines is 2. The summed E-state index contributed by atoms with van der Waals surface area (Å²) in [7, 11) is -6.55. The minimum atomic E-state index is -3.99. The number of sulfonamides is 2. The predicted molar refractivity (Wildman–Crippen MR) is 153 cm³/mol. The van der Waals surface area contributed by atoms with Crippen LogP contribution in [-0.4, -0.2) is 49.6 Å². The molecule has 9 nitrogen and oxygen atoms in total. The Kier molecular flexibility index (Phi) is 7.36. The lowest BCUT2D eigenvalue weighted by Gasteiger charge is -2.41. The van der Waals surface area contributed by atoms with Crippen molar-refractivity contribution in [3.8, 4) is 5.75 Å². The summed E-state index contributed by atoms with van der Waals surface area (Å²) in [5, 5.41) is 0. The predicted octanol–water partition coefficient (Wildman–Crippen LogP) is 4.55. The van der Waals surface area contributed by atoms with E-state index in [4.69, 9.17) is 9.47 Å². The van der Waals surface area contributed by atoms with Crippen LogP contribution in [0.4, 0.5) is 11.4 Å².